The molecular weight excluding hydrogens is 136 g/mol. The van der Waals surface area contributed by atoms with Gasteiger partial charge >= 0.3 is 0 Å². The van der Waals surface area contributed by atoms with E-state index in [2.05, 4.69) is 13.8 Å². The first-order valence-corrected chi connectivity index (χ1v) is 3.95. The highest BCUT2D eigenvalue weighted by molar-refractivity contribution is 5.41. The molecule has 0 atom stereocenters. The summed E-state index contributed by atoms with van der Waals surface area (Å²) in [6.07, 6.45) is 8.18. The van der Waals surface area contributed by atoms with Gasteiger partial charge in [0.1, 0.15) is 0 Å². The van der Waals surface area contributed by atoms with Crippen molar-refractivity contribution in [2.75, 3.05) is 0 Å². The Hall–Kier alpha value is -0.980. The van der Waals surface area contributed by atoms with Gasteiger partial charge in [-0.15, -0.1) is 5.76 Å². The van der Waals surface area contributed by atoms with E-state index in [1.165, 1.54) is 0 Å². The fourth-order valence-electron chi connectivity index (χ4n) is 1.05. The summed E-state index contributed by atoms with van der Waals surface area (Å²) >= 11 is 0. The van der Waals surface area contributed by atoms with Crippen molar-refractivity contribution in [1.29, 1.82) is 0 Å². The van der Waals surface area contributed by atoms with Gasteiger partial charge in [0, 0.05) is 0 Å². The molecule has 60 valence electrons. The van der Waals surface area contributed by atoms with Crippen LogP contribution in [0.5, 0.6) is 0 Å². The van der Waals surface area contributed by atoms with Gasteiger partial charge in [0.15, 0.2) is 0 Å². The third-order valence-corrected chi connectivity index (χ3v) is 1.58. The van der Waals surface area contributed by atoms with Crippen molar-refractivity contribution < 1.29 is 5.11 Å². The quantitative estimate of drug-likeness (QED) is 0.549. The standard InChI is InChI=1S/C10H14O/c1-8(2)7-10(11)9-5-3-4-6-9/h3-6,8,11H,7H2,1-2H3/p-1. The highest BCUT2D eigenvalue weighted by atomic mass is 16.3. The van der Waals surface area contributed by atoms with E-state index < -0.39 is 0 Å². The predicted molar refractivity (Wildman–Crippen MR) is 44.8 cm³/mol. The molecule has 11 heavy (non-hydrogen) atoms. The molecule has 1 aliphatic carbocycles. The molecule has 0 fully saturated rings. The number of rotatable bonds is 2. The molecule has 0 aliphatic heterocycles. The van der Waals surface area contributed by atoms with Crippen LogP contribution in [0.25, 0.3) is 0 Å². The molecule has 0 unspecified atom stereocenters. The Labute approximate surface area is 67.7 Å². The first-order valence-electron chi connectivity index (χ1n) is 3.95. The zero-order chi connectivity index (χ0) is 8.27. The maximum Gasteiger partial charge on any atom is -0.0376 e. The van der Waals surface area contributed by atoms with Crippen LogP contribution in [0.4, 0.5) is 0 Å². The van der Waals surface area contributed by atoms with Crippen LogP contribution in [0.1, 0.15) is 20.3 Å². The molecule has 0 aromatic carbocycles. The van der Waals surface area contributed by atoms with Crippen molar-refractivity contribution in [3.05, 3.63) is 35.6 Å². The Morgan fingerprint density at radius 2 is 1.91 bits per heavy atom. The molecule has 0 radical (unpaired) electrons. The topological polar surface area (TPSA) is 23.1 Å². The summed E-state index contributed by atoms with van der Waals surface area (Å²) in [6, 6.07) is 0. The molecule has 0 bridgehead atoms. The Morgan fingerprint density at radius 3 is 2.36 bits per heavy atom. The maximum absolute atomic E-state index is 11.3. The molecule has 0 saturated heterocycles. The fraction of sp³-hybridized carbons (Fsp3) is 0.400. The summed E-state index contributed by atoms with van der Waals surface area (Å²) in [5, 5.41) is 11.3. The second-order valence-electron chi connectivity index (χ2n) is 3.19. The van der Waals surface area contributed by atoms with Crippen LogP contribution >= 0.6 is 0 Å². The molecule has 0 aromatic heterocycles. The fourth-order valence-corrected chi connectivity index (χ4v) is 1.05. The van der Waals surface area contributed by atoms with Gasteiger partial charge in [-0.3, -0.25) is 0 Å². The van der Waals surface area contributed by atoms with E-state index in [0.717, 1.165) is 5.57 Å². The molecule has 1 heteroatoms. The van der Waals surface area contributed by atoms with Crippen LogP contribution in [0.15, 0.2) is 35.6 Å². The molecule has 1 aliphatic rings. The monoisotopic (exact) mass is 149 g/mol. The third kappa shape index (κ3) is 2.26. The molecule has 1 rings (SSSR count). The lowest BCUT2D eigenvalue weighted by Crippen LogP contribution is -2.08. The molecule has 0 saturated carbocycles. The predicted octanol–water partition coefficient (Wildman–Crippen LogP) is 1.77. The van der Waals surface area contributed by atoms with E-state index in [-0.39, 0.29) is 5.76 Å². The van der Waals surface area contributed by atoms with Gasteiger partial charge in [-0.2, -0.15) is 0 Å². The summed E-state index contributed by atoms with van der Waals surface area (Å²) in [5.41, 5.74) is 0.846. The van der Waals surface area contributed by atoms with Crippen molar-refractivity contribution in [3.63, 3.8) is 0 Å². The normalized spacial score (nSPS) is 15.0. The second-order valence-corrected chi connectivity index (χ2v) is 3.19. The van der Waals surface area contributed by atoms with Gasteiger partial charge < -0.3 is 5.11 Å². The molecule has 0 heterocycles. The molecule has 0 aromatic rings. The zero-order valence-electron chi connectivity index (χ0n) is 7.00. The lowest BCUT2D eigenvalue weighted by Gasteiger charge is -2.16. The highest BCUT2D eigenvalue weighted by Gasteiger charge is 1.96. The van der Waals surface area contributed by atoms with Crippen molar-refractivity contribution in [2.45, 2.75) is 20.3 Å². The van der Waals surface area contributed by atoms with E-state index in [9.17, 15) is 5.11 Å². The molecular formula is C10H13O-. The number of allylic oxidation sites excluding steroid dienone is 6. The first kappa shape index (κ1) is 8.12. The zero-order valence-corrected chi connectivity index (χ0v) is 7.00. The molecule has 1 nitrogen and oxygen atoms in total. The third-order valence-electron chi connectivity index (χ3n) is 1.58. The van der Waals surface area contributed by atoms with Gasteiger partial charge in [0.25, 0.3) is 0 Å². The highest BCUT2D eigenvalue weighted by Crippen LogP contribution is 2.15. The van der Waals surface area contributed by atoms with Crippen LogP contribution in [0.3, 0.4) is 0 Å². The number of hydrogen-bond donors (Lipinski definition) is 0. The number of hydrogen-bond acceptors (Lipinski definition) is 1. The van der Waals surface area contributed by atoms with E-state index in [4.69, 9.17) is 0 Å². The van der Waals surface area contributed by atoms with Crippen LogP contribution in [-0.2, 0) is 0 Å². The second kappa shape index (κ2) is 3.42. The van der Waals surface area contributed by atoms with E-state index in [1.807, 2.05) is 24.3 Å². The molecule has 0 amide bonds. The molecule has 0 spiro atoms. The maximum atomic E-state index is 11.3. The summed E-state index contributed by atoms with van der Waals surface area (Å²) in [6.45, 7) is 4.11. The van der Waals surface area contributed by atoms with Gasteiger partial charge in [0.2, 0.25) is 0 Å². The summed E-state index contributed by atoms with van der Waals surface area (Å²) in [4.78, 5) is 0. The van der Waals surface area contributed by atoms with Crippen LogP contribution in [0, 0.1) is 5.92 Å². The van der Waals surface area contributed by atoms with Crippen LogP contribution in [0.2, 0.25) is 0 Å². The summed E-state index contributed by atoms with van der Waals surface area (Å²) in [5.74, 6) is 0.711. The minimum absolute atomic E-state index is 0.255. The van der Waals surface area contributed by atoms with Gasteiger partial charge in [0.05, 0.1) is 0 Å². The lowest BCUT2D eigenvalue weighted by atomic mass is 10.1. The molecule has 0 N–H and O–H groups in total. The Bertz CT molecular complexity index is 205. The van der Waals surface area contributed by atoms with Gasteiger partial charge in [-0.1, -0.05) is 38.2 Å². The van der Waals surface area contributed by atoms with Crippen molar-refractivity contribution in [2.24, 2.45) is 5.92 Å². The minimum Gasteiger partial charge on any atom is -0.875 e. The van der Waals surface area contributed by atoms with Crippen LogP contribution in [-0.4, -0.2) is 0 Å². The van der Waals surface area contributed by atoms with E-state index in [0.29, 0.717) is 12.3 Å². The smallest absolute Gasteiger partial charge is 0.0376 e. The SMILES string of the molecule is CC(C)CC([O-])=C1C=CC=C1. The van der Waals surface area contributed by atoms with E-state index >= 15 is 0 Å². The van der Waals surface area contributed by atoms with Crippen molar-refractivity contribution in [3.8, 4) is 0 Å². The van der Waals surface area contributed by atoms with Crippen LogP contribution < -0.4 is 5.11 Å². The largest absolute Gasteiger partial charge is 0.875 e. The Balaban J connectivity index is 2.64. The Morgan fingerprint density at radius 1 is 1.36 bits per heavy atom. The van der Waals surface area contributed by atoms with Crippen molar-refractivity contribution in [1.82, 2.24) is 0 Å². The average molecular weight is 149 g/mol. The van der Waals surface area contributed by atoms with Gasteiger partial charge in [-0.25, -0.2) is 0 Å². The Kier molecular flexibility index (Phi) is 2.53. The average Bonchev–Trinajstić information content (AvgIpc) is 2.35. The minimum atomic E-state index is 0.255. The summed E-state index contributed by atoms with van der Waals surface area (Å²) < 4.78 is 0. The lowest BCUT2D eigenvalue weighted by molar-refractivity contribution is -0.308. The summed E-state index contributed by atoms with van der Waals surface area (Å²) in [7, 11) is 0. The van der Waals surface area contributed by atoms with E-state index in [1.54, 1.807) is 0 Å². The van der Waals surface area contributed by atoms with Gasteiger partial charge in [-0.05, 0) is 17.9 Å². The first-order chi connectivity index (χ1) is 5.20. The van der Waals surface area contributed by atoms with Crippen molar-refractivity contribution >= 4 is 0 Å².